The lowest BCUT2D eigenvalue weighted by molar-refractivity contribution is -0.114. The Hall–Kier alpha value is -2.12. The van der Waals surface area contributed by atoms with Gasteiger partial charge >= 0.3 is 0 Å². The van der Waals surface area contributed by atoms with Gasteiger partial charge in [-0.1, -0.05) is 42.5 Å². The largest absolute Gasteiger partial charge is 0.325 e. The summed E-state index contributed by atoms with van der Waals surface area (Å²) < 4.78 is 2.38. The van der Waals surface area contributed by atoms with Gasteiger partial charge in [-0.3, -0.25) is 4.79 Å². The molecule has 0 atom stereocenters. The van der Waals surface area contributed by atoms with Gasteiger partial charge in [0, 0.05) is 11.8 Å². The number of hydrogen-bond donors (Lipinski definition) is 1. The lowest BCUT2D eigenvalue weighted by atomic mass is 10.2. The van der Waals surface area contributed by atoms with Crippen molar-refractivity contribution in [2.75, 3.05) is 5.32 Å². The summed E-state index contributed by atoms with van der Waals surface area (Å²) in [5, 5.41) is 8.00. The van der Waals surface area contributed by atoms with Crippen molar-refractivity contribution in [2.45, 2.75) is 23.5 Å². The zero-order valence-electron chi connectivity index (χ0n) is 12.9. The van der Waals surface area contributed by atoms with Crippen LogP contribution in [0.4, 0.5) is 5.69 Å². The fourth-order valence-electron chi connectivity index (χ4n) is 2.18. The fraction of sp³-hybridized carbons (Fsp3) is 0.118. The lowest BCUT2D eigenvalue weighted by Gasteiger charge is -2.10. The van der Waals surface area contributed by atoms with E-state index in [2.05, 4.69) is 43.5 Å². The zero-order chi connectivity index (χ0) is 16.9. The molecule has 0 saturated carbocycles. The number of amides is 1. The molecule has 3 aromatic rings. The van der Waals surface area contributed by atoms with E-state index in [9.17, 15) is 4.79 Å². The Balaban J connectivity index is 1.87. The zero-order valence-corrected chi connectivity index (χ0v) is 15.3. The van der Waals surface area contributed by atoms with Crippen molar-refractivity contribution in [3.63, 3.8) is 0 Å². The van der Waals surface area contributed by atoms with Gasteiger partial charge in [0.15, 0.2) is 5.16 Å². The average molecular weight is 403 g/mol. The molecule has 0 spiro atoms. The number of nitrogens with zero attached hydrogens (tertiary/aromatic N) is 3. The molecule has 1 amide bonds. The van der Waals surface area contributed by atoms with Crippen LogP contribution in [-0.2, 0) is 11.3 Å². The number of anilines is 1. The summed E-state index contributed by atoms with van der Waals surface area (Å²) in [6.45, 7) is 2.13. The highest BCUT2D eigenvalue weighted by Gasteiger charge is 2.13. The Morgan fingerprint density at radius 1 is 1.17 bits per heavy atom. The second kappa shape index (κ2) is 7.63. The topological polar surface area (TPSA) is 59.8 Å². The van der Waals surface area contributed by atoms with E-state index < -0.39 is 0 Å². The lowest BCUT2D eigenvalue weighted by Crippen LogP contribution is -2.07. The maximum absolute atomic E-state index is 11.4. The Labute approximate surface area is 152 Å². The Bertz CT molecular complexity index is 851. The van der Waals surface area contributed by atoms with Crippen LogP contribution in [0.15, 0.2) is 69.4 Å². The van der Waals surface area contributed by atoms with E-state index in [0.717, 1.165) is 21.3 Å². The Morgan fingerprint density at radius 2 is 1.88 bits per heavy atom. The SMILES string of the molecule is CC(=O)Nc1ccccc1Sc1nc(Br)nn1Cc1ccccc1. The second-order valence-electron chi connectivity index (χ2n) is 5.09. The van der Waals surface area contributed by atoms with Gasteiger partial charge < -0.3 is 5.32 Å². The monoisotopic (exact) mass is 402 g/mol. The standard InChI is InChI=1S/C17H15BrN4OS/c1-12(23)19-14-9-5-6-10-15(14)24-17-20-16(18)21-22(17)11-13-7-3-2-4-8-13/h2-10H,11H2,1H3,(H,19,23). The normalized spacial score (nSPS) is 10.6. The summed E-state index contributed by atoms with van der Waals surface area (Å²) in [4.78, 5) is 16.7. The van der Waals surface area contributed by atoms with Crippen molar-refractivity contribution in [3.8, 4) is 0 Å². The van der Waals surface area contributed by atoms with Gasteiger partial charge in [0.1, 0.15) is 0 Å². The minimum atomic E-state index is -0.102. The van der Waals surface area contributed by atoms with E-state index in [4.69, 9.17) is 0 Å². The first-order valence-electron chi connectivity index (χ1n) is 7.30. The first-order chi connectivity index (χ1) is 11.6. The van der Waals surface area contributed by atoms with E-state index in [0.29, 0.717) is 11.3 Å². The number of nitrogens with one attached hydrogen (secondary N) is 1. The maximum atomic E-state index is 11.4. The molecule has 0 aliphatic carbocycles. The summed E-state index contributed by atoms with van der Waals surface area (Å²) in [7, 11) is 0. The molecule has 0 unspecified atom stereocenters. The summed E-state index contributed by atoms with van der Waals surface area (Å²) in [6, 6.07) is 17.7. The smallest absolute Gasteiger partial charge is 0.221 e. The van der Waals surface area contributed by atoms with Crippen molar-refractivity contribution in [2.24, 2.45) is 0 Å². The number of carbonyl (C=O) groups excluding carboxylic acids is 1. The molecule has 2 aromatic carbocycles. The minimum absolute atomic E-state index is 0.102. The van der Waals surface area contributed by atoms with Crippen molar-refractivity contribution < 1.29 is 4.79 Å². The molecule has 1 aromatic heterocycles. The molecule has 7 heteroatoms. The molecule has 0 aliphatic rings. The van der Waals surface area contributed by atoms with Crippen LogP contribution in [0.2, 0.25) is 0 Å². The molecule has 0 radical (unpaired) electrons. The van der Waals surface area contributed by atoms with Gasteiger partial charge in [-0.15, -0.1) is 5.10 Å². The molecule has 1 heterocycles. The van der Waals surface area contributed by atoms with Gasteiger partial charge in [-0.2, -0.15) is 4.98 Å². The number of aromatic nitrogens is 3. The van der Waals surface area contributed by atoms with Crippen molar-refractivity contribution in [1.82, 2.24) is 14.8 Å². The average Bonchev–Trinajstić information content (AvgIpc) is 2.89. The van der Waals surface area contributed by atoms with Crippen LogP contribution in [0.1, 0.15) is 12.5 Å². The van der Waals surface area contributed by atoms with Gasteiger partial charge in [0.05, 0.1) is 12.2 Å². The number of hydrogen-bond acceptors (Lipinski definition) is 4. The van der Waals surface area contributed by atoms with E-state index in [-0.39, 0.29) is 5.91 Å². The third-order valence-electron chi connectivity index (χ3n) is 3.19. The number of benzene rings is 2. The van der Waals surface area contributed by atoms with Crippen LogP contribution in [0.3, 0.4) is 0 Å². The number of carbonyl (C=O) groups is 1. The Kier molecular flexibility index (Phi) is 5.32. The molecule has 0 aliphatic heterocycles. The minimum Gasteiger partial charge on any atom is -0.325 e. The number of halogens is 1. The van der Waals surface area contributed by atoms with Crippen molar-refractivity contribution in [1.29, 1.82) is 0 Å². The molecule has 0 bridgehead atoms. The van der Waals surface area contributed by atoms with Crippen molar-refractivity contribution in [3.05, 3.63) is 64.9 Å². The summed E-state index contributed by atoms with van der Waals surface area (Å²) in [5.74, 6) is -0.102. The van der Waals surface area contributed by atoms with Crippen LogP contribution in [0.5, 0.6) is 0 Å². The maximum Gasteiger partial charge on any atom is 0.221 e. The highest BCUT2D eigenvalue weighted by atomic mass is 79.9. The first kappa shape index (κ1) is 16.7. The molecule has 0 fully saturated rings. The second-order valence-corrected chi connectivity index (χ2v) is 6.80. The van der Waals surface area contributed by atoms with Gasteiger partial charge in [-0.25, -0.2) is 4.68 Å². The highest BCUT2D eigenvalue weighted by molar-refractivity contribution is 9.10. The van der Waals surface area contributed by atoms with Crippen LogP contribution >= 0.6 is 27.7 Å². The van der Waals surface area contributed by atoms with E-state index >= 15 is 0 Å². The molecule has 5 nitrogen and oxygen atoms in total. The van der Waals surface area contributed by atoms with Crippen LogP contribution < -0.4 is 5.32 Å². The van der Waals surface area contributed by atoms with Gasteiger partial charge in [0.2, 0.25) is 10.6 Å². The molecule has 24 heavy (non-hydrogen) atoms. The van der Waals surface area contributed by atoms with E-state index in [1.807, 2.05) is 47.1 Å². The third kappa shape index (κ3) is 4.24. The third-order valence-corrected chi connectivity index (χ3v) is 4.58. The fourth-order valence-corrected chi connectivity index (χ4v) is 3.58. The molecule has 3 rings (SSSR count). The van der Waals surface area contributed by atoms with Crippen LogP contribution in [0.25, 0.3) is 0 Å². The molecule has 1 N–H and O–H groups in total. The molecule has 0 saturated heterocycles. The predicted octanol–water partition coefficient (Wildman–Crippen LogP) is 4.20. The van der Waals surface area contributed by atoms with Crippen LogP contribution in [0, 0.1) is 0 Å². The molecular formula is C17H15BrN4OS. The van der Waals surface area contributed by atoms with Crippen molar-refractivity contribution >= 4 is 39.3 Å². The quantitative estimate of drug-likeness (QED) is 0.694. The predicted molar refractivity (Wildman–Crippen MR) is 98.1 cm³/mol. The number of rotatable bonds is 5. The van der Waals surface area contributed by atoms with Crippen LogP contribution in [-0.4, -0.2) is 20.7 Å². The van der Waals surface area contributed by atoms with E-state index in [1.165, 1.54) is 18.7 Å². The summed E-state index contributed by atoms with van der Waals surface area (Å²) in [5.41, 5.74) is 1.91. The highest BCUT2D eigenvalue weighted by Crippen LogP contribution is 2.33. The molecule has 122 valence electrons. The van der Waals surface area contributed by atoms with E-state index in [1.54, 1.807) is 0 Å². The van der Waals surface area contributed by atoms with Gasteiger partial charge in [0.25, 0.3) is 0 Å². The Morgan fingerprint density at radius 3 is 2.62 bits per heavy atom. The summed E-state index contributed by atoms with van der Waals surface area (Å²) in [6.07, 6.45) is 0. The molecular weight excluding hydrogens is 388 g/mol. The summed E-state index contributed by atoms with van der Waals surface area (Å²) >= 11 is 4.81. The first-order valence-corrected chi connectivity index (χ1v) is 8.91. The van der Waals surface area contributed by atoms with Gasteiger partial charge in [-0.05, 0) is 45.4 Å². The number of para-hydroxylation sites is 1.